The zero-order valence-electron chi connectivity index (χ0n) is 20.7. The van der Waals surface area contributed by atoms with Crippen LogP contribution in [0.15, 0.2) is 109 Å². The first-order valence-corrected chi connectivity index (χ1v) is 12.8. The van der Waals surface area contributed by atoms with E-state index < -0.39 is 11.2 Å². The van der Waals surface area contributed by atoms with Crippen molar-refractivity contribution in [3.05, 3.63) is 131 Å². The topological polar surface area (TPSA) is 24.9 Å². The number of anilines is 2. The molecule has 3 aliphatic rings. The molecule has 2 heterocycles. The number of benzene rings is 4. The number of hydrogen-bond donors (Lipinski definition) is 0. The van der Waals surface area contributed by atoms with Gasteiger partial charge in [0.1, 0.15) is 23.3 Å². The average molecular weight is 475 g/mol. The summed E-state index contributed by atoms with van der Waals surface area (Å²) in [5.74, 6) is 0. The molecule has 4 heteroatoms. The molecule has 4 aromatic rings. The summed E-state index contributed by atoms with van der Waals surface area (Å²) in [7, 11) is 0. The average Bonchev–Trinajstić information content (AvgIpc) is 3.34. The Bertz CT molecular complexity index is 1300. The van der Waals surface area contributed by atoms with Gasteiger partial charge in [0.25, 0.3) is 0 Å². The largest absolute Gasteiger partial charge is 0.259 e. The summed E-state index contributed by atoms with van der Waals surface area (Å²) in [5, 5.41) is 4.33. The van der Waals surface area contributed by atoms with Gasteiger partial charge in [-0.05, 0) is 73.2 Å². The van der Waals surface area contributed by atoms with Crippen LogP contribution < -0.4 is 10.1 Å². The molecule has 4 aromatic carbocycles. The lowest BCUT2D eigenvalue weighted by molar-refractivity contribution is -0.0538. The molecule has 0 aromatic heterocycles. The molecule has 0 unspecified atom stereocenters. The fraction of sp³-hybridized carbons (Fsp3) is 0.250. The van der Waals surface area contributed by atoms with Gasteiger partial charge < -0.3 is 0 Å². The normalized spacial score (nSPS) is 28.5. The van der Waals surface area contributed by atoms with E-state index in [-0.39, 0.29) is 12.1 Å². The summed E-state index contributed by atoms with van der Waals surface area (Å²) in [5.41, 5.74) is 5.88. The van der Waals surface area contributed by atoms with Crippen LogP contribution in [0.1, 0.15) is 35.1 Å². The molecule has 0 spiro atoms. The molecule has 1 aliphatic carbocycles. The van der Waals surface area contributed by atoms with E-state index in [2.05, 4.69) is 133 Å². The van der Waals surface area contributed by atoms with Crippen molar-refractivity contribution in [2.75, 3.05) is 10.1 Å². The summed E-state index contributed by atoms with van der Waals surface area (Å²) < 4.78 is 0. The van der Waals surface area contributed by atoms with Gasteiger partial charge in [0.2, 0.25) is 0 Å². The number of nitrogens with zero attached hydrogens (tertiary/aromatic N) is 2. The summed E-state index contributed by atoms with van der Waals surface area (Å²) in [6.45, 7) is 4.27. The van der Waals surface area contributed by atoms with E-state index in [0.29, 0.717) is 0 Å². The Labute approximate surface area is 212 Å². The standard InChI is InChI=1S/C32H30N2O2/c1-23-11-9-17-27(21-23)33-29-30-32(35-33,26-15-7-4-8-16-26)20-19-31(29,25-13-5-3-6-14-25)36-34(30)28-18-10-12-24(2)22-28/h3-18,21-22,29-30H,19-20H2,1-2H3/t29-,30-,31+,32+/m0/s1. The predicted octanol–water partition coefficient (Wildman–Crippen LogP) is 6.83. The van der Waals surface area contributed by atoms with Crippen molar-refractivity contribution in [2.45, 2.75) is 50.0 Å². The van der Waals surface area contributed by atoms with Crippen LogP contribution in [0.5, 0.6) is 0 Å². The summed E-state index contributed by atoms with van der Waals surface area (Å²) in [4.78, 5) is 14.3. The summed E-state index contributed by atoms with van der Waals surface area (Å²) in [6.07, 6.45) is 1.72. The first kappa shape index (κ1) is 21.7. The lowest BCUT2D eigenvalue weighted by Gasteiger charge is -2.39. The van der Waals surface area contributed by atoms with Gasteiger partial charge in [0.05, 0.1) is 11.4 Å². The van der Waals surface area contributed by atoms with Gasteiger partial charge in [0.15, 0.2) is 0 Å². The molecule has 0 amide bonds. The molecule has 36 heavy (non-hydrogen) atoms. The minimum atomic E-state index is -0.534. The first-order valence-electron chi connectivity index (χ1n) is 12.8. The van der Waals surface area contributed by atoms with Crippen LogP contribution in [0.3, 0.4) is 0 Å². The highest BCUT2D eigenvalue weighted by atomic mass is 16.8. The zero-order valence-corrected chi connectivity index (χ0v) is 20.7. The molecule has 4 atom stereocenters. The fourth-order valence-electron chi connectivity index (χ4n) is 6.61. The van der Waals surface area contributed by atoms with Crippen molar-refractivity contribution in [1.29, 1.82) is 0 Å². The van der Waals surface area contributed by atoms with Gasteiger partial charge in [-0.3, -0.25) is 9.68 Å². The number of hydroxylamine groups is 2. The highest BCUT2D eigenvalue weighted by Crippen LogP contribution is 2.63. The van der Waals surface area contributed by atoms with Gasteiger partial charge in [-0.2, -0.15) is 0 Å². The van der Waals surface area contributed by atoms with Crippen molar-refractivity contribution in [1.82, 2.24) is 0 Å². The predicted molar refractivity (Wildman–Crippen MR) is 143 cm³/mol. The smallest absolute Gasteiger partial charge is 0.146 e. The second-order valence-corrected chi connectivity index (χ2v) is 10.4. The van der Waals surface area contributed by atoms with Crippen LogP contribution in [0.4, 0.5) is 11.4 Å². The Morgan fingerprint density at radius 3 is 1.36 bits per heavy atom. The SMILES string of the molecule is Cc1cccc(N2O[C@@]3(c4ccccc4)CC[C@]4(c5ccccc5)ON(c5cccc(C)c5)[C@H]3[C@H]24)c1. The minimum absolute atomic E-state index is 0.0313. The molecular weight excluding hydrogens is 444 g/mol. The van der Waals surface area contributed by atoms with Gasteiger partial charge >= 0.3 is 0 Å². The van der Waals surface area contributed by atoms with Crippen LogP contribution in [-0.4, -0.2) is 12.1 Å². The molecule has 180 valence electrons. The molecule has 4 bridgehead atoms. The third-order valence-corrected chi connectivity index (χ3v) is 8.19. The Morgan fingerprint density at radius 2 is 0.972 bits per heavy atom. The maximum Gasteiger partial charge on any atom is 0.146 e. The van der Waals surface area contributed by atoms with E-state index in [4.69, 9.17) is 9.68 Å². The van der Waals surface area contributed by atoms with Gasteiger partial charge in [0, 0.05) is 0 Å². The van der Waals surface area contributed by atoms with E-state index in [1.165, 1.54) is 22.3 Å². The Morgan fingerprint density at radius 1 is 0.556 bits per heavy atom. The van der Waals surface area contributed by atoms with E-state index >= 15 is 0 Å². The van der Waals surface area contributed by atoms with E-state index in [1.54, 1.807) is 0 Å². The number of rotatable bonds is 4. The van der Waals surface area contributed by atoms with Crippen molar-refractivity contribution in [3.8, 4) is 0 Å². The van der Waals surface area contributed by atoms with Crippen molar-refractivity contribution >= 4 is 11.4 Å². The van der Waals surface area contributed by atoms with Crippen LogP contribution in [0, 0.1) is 13.8 Å². The van der Waals surface area contributed by atoms with Gasteiger partial charge in [-0.1, -0.05) is 84.9 Å². The molecule has 4 nitrogen and oxygen atoms in total. The fourth-order valence-corrected chi connectivity index (χ4v) is 6.61. The van der Waals surface area contributed by atoms with Crippen LogP contribution in [0.2, 0.25) is 0 Å². The van der Waals surface area contributed by atoms with Crippen LogP contribution in [-0.2, 0) is 20.9 Å². The lowest BCUT2D eigenvalue weighted by Crippen LogP contribution is -2.54. The van der Waals surface area contributed by atoms with Crippen molar-refractivity contribution in [3.63, 3.8) is 0 Å². The zero-order chi connectivity index (χ0) is 24.3. The molecular formula is C32H30N2O2. The van der Waals surface area contributed by atoms with E-state index in [9.17, 15) is 0 Å². The minimum Gasteiger partial charge on any atom is -0.259 e. The molecule has 0 radical (unpaired) electrons. The summed E-state index contributed by atoms with van der Waals surface area (Å²) in [6, 6.07) is 38.6. The third kappa shape index (κ3) is 3.01. The summed E-state index contributed by atoms with van der Waals surface area (Å²) >= 11 is 0. The quantitative estimate of drug-likeness (QED) is 0.324. The maximum atomic E-state index is 7.17. The van der Waals surface area contributed by atoms with Gasteiger partial charge in [-0.25, -0.2) is 10.1 Å². The molecule has 2 aliphatic heterocycles. The number of aryl methyl sites for hydroxylation is 2. The van der Waals surface area contributed by atoms with E-state index in [1.807, 2.05) is 0 Å². The van der Waals surface area contributed by atoms with Gasteiger partial charge in [-0.15, -0.1) is 0 Å². The highest BCUT2D eigenvalue weighted by molar-refractivity contribution is 5.59. The second kappa shape index (κ2) is 7.95. The van der Waals surface area contributed by atoms with Crippen molar-refractivity contribution < 1.29 is 9.68 Å². The second-order valence-electron chi connectivity index (χ2n) is 10.4. The molecule has 2 saturated heterocycles. The monoisotopic (exact) mass is 474 g/mol. The Kier molecular flexibility index (Phi) is 4.79. The van der Waals surface area contributed by atoms with Crippen LogP contribution >= 0.6 is 0 Å². The lowest BCUT2D eigenvalue weighted by atomic mass is 9.66. The van der Waals surface area contributed by atoms with Crippen LogP contribution in [0.25, 0.3) is 0 Å². The Hall–Kier alpha value is -3.60. The first-order chi connectivity index (χ1) is 17.6. The van der Waals surface area contributed by atoms with Crippen molar-refractivity contribution in [2.24, 2.45) is 0 Å². The highest BCUT2D eigenvalue weighted by Gasteiger charge is 2.74. The molecule has 3 fully saturated rings. The molecule has 0 N–H and O–H groups in total. The maximum absolute atomic E-state index is 7.17. The molecule has 1 saturated carbocycles. The number of hydrogen-bond acceptors (Lipinski definition) is 4. The van der Waals surface area contributed by atoms with E-state index in [0.717, 1.165) is 24.2 Å². The Balaban J connectivity index is 1.49. The third-order valence-electron chi connectivity index (χ3n) is 8.19. The molecule has 7 rings (SSSR count).